The summed E-state index contributed by atoms with van der Waals surface area (Å²) in [6.07, 6.45) is 5.46. The van der Waals surface area contributed by atoms with Crippen LogP contribution in [0.25, 0.3) is 11.3 Å². The molecule has 0 saturated carbocycles. The first kappa shape index (κ1) is 15.8. The van der Waals surface area contributed by atoms with E-state index in [-0.39, 0.29) is 6.79 Å². The Morgan fingerprint density at radius 3 is 2.73 bits per heavy atom. The van der Waals surface area contributed by atoms with Crippen LogP contribution in [0.1, 0.15) is 18.1 Å². The van der Waals surface area contributed by atoms with E-state index in [9.17, 15) is 0 Å². The van der Waals surface area contributed by atoms with Crippen molar-refractivity contribution >= 4 is 5.82 Å². The van der Waals surface area contributed by atoms with E-state index in [0.29, 0.717) is 12.4 Å². The predicted molar refractivity (Wildman–Crippen MR) is 86.8 cm³/mol. The van der Waals surface area contributed by atoms with Crippen LogP contribution in [0.3, 0.4) is 0 Å². The molecule has 0 aliphatic heterocycles. The summed E-state index contributed by atoms with van der Waals surface area (Å²) in [6.45, 7) is 4.64. The van der Waals surface area contributed by atoms with E-state index in [1.165, 1.54) is 0 Å². The number of ether oxygens (including phenoxy) is 2. The Balaban J connectivity index is 2.42. The highest BCUT2D eigenvalue weighted by Crippen LogP contribution is 2.32. The number of hydrogen-bond acceptors (Lipinski definition) is 5. The summed E-state index contributed by atoms with van der Waals surface area (Å²) >= 11 is 0. The summed E-state index contributed by atoms with van der Waals surface area (Å²) < 4.78 is 10.9. The first-order valence-corrected chi connectivity index (χ1v) is 7.03. The molecule has 5 heteroatoms. The number of hydrogen-bond donors (Lipinski definition) is 1. The van der Waals surface area contributed by atoms with Crippen molar-refractivity contribution in [1.29, 1.82) is 0 Å². The van der Waals surface area contributed by atoms with E-state index in [1.807, 2.05) is 39.1 Å². The van der Waals surface area contributed by atoms with Crippen molar-refractivity contribution in [3.63, 3.8) is 0 Å². The van der Waals surface area contributed by atoms with Gasteiger partial charge in [-0.05, 0) is 43.7 Å². The van der Waals surface area contributed by atoms with Crippen LogP contribution < -0.4 is 10.1 Å². The molecule has 0 atom stereocenters. The largest absolute Gasteiger partial charge is 0.467 e. The SMILES string of the molecule is C#Cc1ccc(-c2nnc(NC)cc2C)c(OCOCC)c1. The van der Waals surface area contributed by atoms with Crippen molar-refractivity contribution < 1.29 is 9.47 Å². The van der Waals surface area contributed by atoms with Crippen LogP contribution >= 0.6 is 0 Å². The number of anilines is 1. The van der Waals surface area contributed by atoms with Crippen molar-refractivity contribution in [2.45, 2.75) is 13.8 Å². The fourth-order valence-corrected chi connectivity index (χ4v) is 1.99. The second kappa shape index (κ2) is 7.43. The minimum Gasteiger partial charge on any atom is -0.467 e. The molecule has 2 rings (SSSR count). The smallest absolute Gasteiger partial charge is 0.189 e. The molecule has 0 saturated heterocycles. The molecule has 0 fully saturated rings. The highest BCUT2D eigenvalue weighted by atomic mass is 16.7. The van der Waals surface area contributed by atoms with Crippen molar-refractivity contribution in [3.05, 3.63) is 35.4 Å². The lowest BCUT2D eigenvalue weighted by Gasteiger charge is -2.13. The van der Waals surface area contributed by atoms with Crippen molar-refractivity contribution in [2.75, 3.05) is 25.8 Å². The van der Waals surface area contributed by atoms with E-state index < -0.39 is 0 Å². The van der Waals surface area contributed by atoms with E-state index in [2.05, 4.69) is 21.4 Å². The fourth-order valence-electron chi connectivity index (χ4n) is 1.99. The summed E-state index contributed by atoms with van der Waals surface area (Å²) in [5.41, 5.74) is 3.34. The molecule has 0 amide bonds. The van der Waals surface area contributed by atoms with Crippen LogP contribution in [-0.2, 0) is 4.74 Å². The van der Waals surface area contributed by atoms with Crippen molar-refractivity contribution in [2.24, 2.45) is 0 Å². The summed E-state index contributed by atoms with van der Waals surface area (Å²) in [5.74, 6) is 3.96. The molecule has 1 heterocycles. The number of rotatable bonds is 6. The lowest BCUT2D eigenvalue weighted by Crippen LogP contribution is -2.05. The summed E-state index contributed by atoms with van der Waals surface area (Å²) in [5, 5.41) is 11.4. The maximum atomic E-state index is 5.68. The van der Waals surface area contributed by atoms with Gasteiger partial charge in [-0.3, -0.25) is 0 Å². The molecule has 0 bridgehead atoms. The summed E-state index contributed by atoms with van der Waals surface area (Å²) in [6, 6.07) is 7.49. The molecule has 2 aromatic rings. The van der Waals surface area contributed by atoms with Gasteiger partial charge >= 0.3 is 0 Å². The van der Waals surface area contributed by atoms with E-state index in [1.54, 1.807) is 6.07 Å². The van der Waals surface area contributed by atoms with Gasteiger partial charge in [0.25, 0.3) is 0 Å². The van der Waals surface area contributed by atoms with Crippen LogP contribution in [0.15, 0.2) is 24.3 Å². The Bertz CT molecular complexity index is 693. The Labute approximate surface area is 130 Å². The van der Waals surface area contributed by atoms with Gasteiger partial charge in [0.15, 0.2) is 6.79 Å². The average Bonchev–Trinajstić information content (AvgIpc) is 2.55. The van der Waals surface area contributed by atoms with Gasteiger partial charge < -0.3 is 14.8 Å². The van der Waals surface area contributed by atoms with Crippen molar-refractivity contribution in [3.8, 4) is 29.4 Å². The number of aryl methyl sites for hydroxylation is 1. The Morgan fingerprint density at radius 2 is 2.09 bits per heavy atom. The van der Waals surface area contributed by atoms with Gasteiger partial charge in [-0.25, -0.2) is 0 Å². The molecule has 1 aromatic heterocycles. The predicted octanol–water partition coefficient (Wildman–Crippen LogP) is 2.85. The third kappa shape index (κ3) is 3.54. The molecule has 0 spiro atoms. The van der Waals surface area contributed by atoms with Crippen LogP contribution in [0.5, 0.6) is 5.75 Å². The van der Waals surface area contributed by atoms with Gasteiger partial charge in [0.05, 0.1) is 5.69 Å². The van der Waals surface area contributed by atoms with Crippen LogP contribution in [0.4, 0.5) is 5.82 Å². The van der Waals surface area contributed by atoms with Gasteiger partial charge in [-0.2, -0.15) is 0 Å². The van der Waals surface area contributed by atoms with Crippen molar-refractivity contribution in [1.82, 2.24) is 10.2 Å². The first-order valence-electron chi connectivity index (χ1n) is 7.03. The molecular formula is C17H19N3O2. The van der Waals surface area contributed by atoms with Gasteiger partial charge in [0, 0.05) is 24.8 Å². The van der Waals surface area contributed by atoms with Crippen LogP contribution in [0.2, 0.25) is 0 Å². The number of benzene rings is 1. The molecule has 0 aliphatic rings. The maximum Gasteiger partial charge on any atom is 0.189 e. The third-order valence-electron chi connectivity index (χ3n) is 3.15. The number of nitrogens with zero attached hydrogens (tertiary/aromatic N) is 2. The third-order valence-corrected chi connectivity index (χ3v) is 3.15. The molecule has 1 N–H and O–H groups in total. The van der Waals surface area contributed by atoms with Gasteiger partial charge in [-0.15, -0.1) is 16.6 Å². The number of terminal acetylenes is 1. The van der Waals surface area contributed by atoms with Gasteiger partial charge in [0.2, 0.25) is 0 Å². The Morgan fingerprint density at radius 1 is 1.27 bits per heavy atom. The molecular weight excluding hydrogens is 278 g/mol. The fraction of sp³-hybridized carbons (Fsp3) is 0.294. The van der Waals surface area contributed by atoms with Gasteiger partial charge in [0.1, 0.15) is 11.6 Å². The number of nitrogens with one attached hydrogen (secondary N) is 1. The maximum absolute atomic E-state index is 5.68. The van der Waals surface area contributed by atoms with Crippen LogP contribution in [0, 0.1) is 19.3 Å². The lowest BCUT2D eigenvalue weighted by atomic mass is 10.0. The standard InChI is InChI=1S/C17H19N3O2/c1-5-13-7-8-14(15(10-13)22-11-21-6-2)17-12(3)9-16(18-4)19-20-17/h1,7-10H,6,11H2,2-4H3,(H,18,19). The Hall–Kier alpha value is -2.58. The highest BCUT2D eigenvalue weighted by molar-refractivity contribution is 5.71. The quantitative estimate of drug-likeness (QED) is 0.505. The monoisotopic (exact) mass is 297 g/mol. The second-order valence-electron chi connectivity index (χ2n) is 4.62. The minimum atomic E-state index is 0.165. The molecule has 114 valence electrons. The molecule has 0 aliphatic carbocycles. The summed E-state index contributed by atoms with van der Waals surface area (Å²) in [7, 11) is 1.81. The molecule has 0 radical (unpaired) electrons. The molecule has 0 unspecified atom stereocenters. The topological polar surface area (TPSA) is 56.3 Å². The lowest BCUT2D eigenvalue weighted by molar-refractivity contribution is 0.0227. The van der Waals surface area contributed by atoms with Gasteiger partial charge in [-0.1, -0.05) is 5.92 Å². The average molecular weight is 297 g/mol. The highest BCUT2D eigenvalue weighted by Gasteiger charge is 2.12. The molecule has 5 nitrogen and oxygen atoms in total. The second-order valence-corrected chi connectivity index (χ2v) is 4.62. The first-order chi connectivity index (χ1) is 10.7. The Kier molecular flexibility index (Phi) is 5.34. The zero-order valence-corrected chi connectivity index (χ0v) is 13.0. The molecule has 22 heavy (non-hydrogen) atoms. The molecule has 1 aromatic carbocycles. The van der Waals surface area contributed by atoms with E-state index in [4.69, 9.17) is 15.9 Å². The minimum absolute atomic E-state index is 0.165. The van der Waals surface area contributed by atoms with E-state index in [0.717, 1.165) is 28.2 Å². The summed E-state index contributed by atoms with van der Waals surface area (Å²) in [4.78, 5) is 0. The van der Waals surface area contributed by atoms with E-state index >= 15 is 0 Å². The number of aromatic nitrogens is 2. The zero-order chi connectivity index (χ0) is 15.9. The zero-order valence-electron chi connectivity index (χ0n) is 13.0. The normalized spacial score (nSPS) is 10.1. The van der Waals surface area contributed by atoms with Crippen LogP contribution in [-0.4, -0.2) is 30.6 Å².